The largest absolute Gasteiger partial charge is 0.330 e. The summed E-state index contributed by atoms with van der Waals surface area (Å²) >= 11 is 3.13. The molecule has 0 fully saturated rings. The van der Waals surface area contributed by atoms with Gasteiger partial charge in [-0.3, -0.25) is 4.79 Å². The minimum Gasteiger partial charge on any atom is -0.330 e. The zero-order chi connectivity index (χ0) is 16.4. The summed E-state index contributed by atoms with van der Waals surface area (Å²) in [7, 11) is 0. The molecule has 0 radical (unpaired) electrons. The molecule has 0 saturated carbocycles. The number of nitrogens with zero attached hydrogens (tertiary/aromatic N) is 2. The Morgan fingerprint density at radius 3 is 2.83 bits per heavy atom. The van der Waals surface area contributed by atoms with E-state index < -0.39 is 0 Å². The molecule has 2 heterocycles. The van der Waals surface area contributed by atoms with Crippen LogP contribution in [0.3, 0.4) is 0 Å². The summed E-state index contributed by atoms with van der Waals surface area (Å²) in [6, 6.07) is 5.77. The fourth-order valence-electron chi connectivity index (χ4n) is 2.12. The minimum atomic E-state index is -0.197. The van der Waals surface area contributed by atoms with E-state index in [4.69, 9.17) is 5.73 Å². The van der Waals surface area contributed by atoms with Gasteiger partial charge < -0.3 is 11.1 Å². The molecule has 1 aromatic carbocycles. The summed E-state index contributed by atoms with van der Waals surface area (Å²) in [5.74, 6) is 0.207. The molecule has 0 saturated heterocycles. The molecule has 0 spiro atoms. The monoisotopic (exact) mass is 382 g/mol. The summed E-state index contributed by atoms with van der Waals surface area (Å²) in [6.07, 6.45) is 0.697. The number of anilines is 1. The number of rotatable bonds is 5. The Labute approximate surface area is 154 Å². The molecule has 0 aliphatic rings. The zero-order valence-corrected chi connectivity index (χ0v) is 15.9. The van der Waals surface area contributed by atoms with Gasteiger partial charge in [-0.15, -0.1) is 35.1 Å². The molecule has 0 aliphatic heterocycles. The summed E-state index contributed by atoms with van der Waals surface area (Å²) in [5, 5.41) is 6.66. The van der Waals surface area contributed by atoms with Crippen molar-refractivity contribution >= 4 is 56.9 Å². The second-order valence-electron chi connectivity index (χ2n) is 5.51. The molecule has 0 bridgehead atoms. The van der Waals surface area contributed by atoms with Crippen LogP contribution in [0.25, 0.3) is 10.2 Å². The lowest BCUT2D eigenvalue weighted by Gasteiger charge is -2.02. The molecule has 128 valence electrons. The quantitative estimate of drug-likeness (QED) is 0.697. The third kappa shape index (κ3) is 4.10. The van der Waals surface area contributed by atoms with Crippen molar-refractivity contribution in [2.45, 2.75) is 26.2 Å². The van der Waals surface area contributed by atoms with Gasteiger partial charge in [-0.2, -0.15) is 0 Å². The van der Waals surface area contributed by atoms with Gasteiger partial charge in [-0.25, -0.2) is 9.97 Å². The van der Waals surface area contributed by atoms with Crippen LogP contribution in [-0.2, 0) is 6.42 Å². The minimum absolute atomic E-state index is 0. The van der Waals surface area contributed by atoms with Gasteiger partial charge in [0, 0.05) is 23.4 Å². The number of aromatic nitrogens is 2. The summed E-state index contributed by atoms with van der Waals surface area (Å²) in [6.45, 7) is 4.79. The molecule has 2 aromatic heterocycles. The number of amides is 1. The van der Waals surface area contributed by atoms with Gasteiger partial charge in [-0.05, 0) is 24.7 Å². The Bertz CT molecular complexity index is 844. The predicted molar refractivity (Wildman–Crippen MR) is 104 cm³/mol. The van der Waals surface area contributed by atoms with Gasteiger partial charge in [-0.1, -0.05) is 13.8 Å². The molecule has 0 aliphatic carbocycles. The molecule has 1 amide bonds. The number of hydrogen-bond acceptors (Lipinski definition) is 6. The van der Waals surface area contributed by atoms with E-state index in [-0.39, 0.29) is 18.3 Å². The van der Waals surface area contributed by atoms with Gasteiger partial charge in [0.25, 0.3) is 5.91 Å². The fourth-order valence-corrected chi connectivity index (χ4v) is 3.92. The molecule has 3 rings (SSSR count). The van der Waals surface area contributed by atoms with E-state index in [0.29, 0.717) is 24.6 Å². The molecule has 5 nitrogen and oxygen atoms in total. The number of fused-ring (bicyclic) bond motifs is 1. The van der Waals surface area contributed by atoms with E-state index in [1.807, 2.05) is 18.2 Å². The summed E-state index contributed by atoms with van der Waals surface area (Å²) in [5.41, 5.74) is 7.67. The molecule has 24 heavy (non-hydrogen) atoms. The molecule has 3 aromatic rings. The van der Waals surface area contributed by atoms with Gasteiger partial charge in [0.1, 0.15) is 5.69 Å². The number of thiazole rings is 2. The number of benzene rings is 1. The average Bonchev–Trinajstić information content (AvgIpc) is 3.13. The highest BCUT2D eigenvalue weighted by atomic mass is 35.5. The Morgan fingerprint density at radius 1 is 1.33 bits per heavy atom. The van der Waals surface area contributed by atoms with Crippen LogP contribution in [0.15, 0.2) is 23.6 Å². The highest BCUT2D eigenvalue weighted by molar-refractivity contribution is 7.18. The number of hydrogen-bond donors (Lipinski definition) is 2. The lowest BCUT2D eigenvalue weighted by molar-refractivity contribution is 0.102. The van der Waals surface area contributed by atoms with Crippen LogP contribution < -0.4 is 11.1 Å². The van der Waals surface area contributed by atoms with Crippen LogP contribution >= 0.6 is 35.1 Å². The highest BCUT2D eigenvalue weighted by Gasteiger charge is 2.12. The maximum absolute atomic E-state index is 12.3. The van der Waals surface area contributed by atoms with Gasteiger partial charge in [0.05, 0.1) is 20.2 Å². The normalized spacial score (nSPS) is 10.8. The summed E-state index contributed by atoms with van der Waals surface area (Å²) in [4.78, 5) is 21.2. The van der Waals surface area contributed by atoms with Crippen molar-refractivity contribution in [2.75, 3.05) is 11.9 Å². The number of carbonyl (C=O) groups is 1. The van der Waals surface area contributed by atoms with E-state index in [9.17, 15) is 4.79 Å². The summed E-state index contributed by atoms with van der Waals surface area (Å²) < 4.78 is 1.08. The van der Waals surface area contributed by atoms with Gasteiger partial charge in [0.2, 0.25) is 0 Å². The van der Waals surface area contributed by atoms with E-state index >= 15 is 0 Å². The Kier molecular flexibility index (Phi) is 6.28. The van der Waals surface area contributed by atoms with E-state index in [0.717, 1.165) is 25.9 Å². The van der Waals surface area contributed by atoms with E-state index in [1.54, 1.807) is 16.7 Å². The Hall–Kier alpha value is -1.54. The van der Waals surface area contributed by atoms with Crippen molar-refractivity contribution in [1.29, 1.82) is 0 Å². The third-order valence-corrected chi connectivity index (χ3v) is 5.53. The first-order valence-corrected chi connectivity index (χ1v) is 9.12. The van der Waals surface area contributed by atoms with E-state index in [2.05, 4.69) is 29.1 Å². The van der Waals surface area contributed by atoms with Gasteiger partial charge in [0.15, 0.2) is 0 Å². The van der Waals surface area contributed by atoms with Crippen molar-refractivity contribution in [3.05, 3.63) is 39.3 Å². The van der Waals surface area contributed by atoms with Crippen LogP contribution in [0.2, 0.25) is 0 Å². The highest BCUT2D eigenvalue weighted by Crippen LogP contribution is 2.29. The number of halogens is 1. The molecular weight excluding hydrogens is 364 g/mol. The second kappa shape index (κ2) is 8.02. The topological polar surface area (TPSA) is 80.9 Å². The number of carbonyl (C=O) groups excluding carboxylic acids is 1. The molecule has 8 heteroatoms. The van der Waals surface area contributed by atoms with E-state index in [1.165, 1.54) is 11.3 Å². The van der Waals surface area contributed by atoms with Crippen molar-refractivity contribution in [1.82, 2.24) is 9.97 Å². The maximum Gasteiger partial charge on any atom is 0.275 e. The fraction of sp³-hybridized carbons (Fsp3) is 0.312. The smallest absolute Gasteiger partial charge is 0.275 e. The predicted octanol–water partition coefficient (Wildman–Crippen LogP) is 4.05. The number of nitrogens with one attached hydrogen (secondary N) is 1. The molecule has 0 atom stereocenters. The first-order valence-electron chi connectivity index (χ1n) is 7.43. The Balaban J connectivity index is 0.00000208. The first kappa shape index (κ1) is 18.8. The second-order valence-corrected chi connectivity index (χ2v) is 7.51. The SMILES string of the molecule is CC(C)c1nc2ccc(NC(=O)c3csc(CCN)n3)cc2s1.Cl. The van der Waals surface area contributed by atoms with Crippen molar-refractivity contribution in [3.8, 4) is 0 Å². The molecule has 3 N–H and O–H groups in total. The Morgan fingerprint density at radius 2 is 2.12 bits per heavy atom. The van der Waals surface area contributed by atoms with Crippen molar-refractivity contribution in [3.63, 3.8) is 0 Å². The first-order chi connectivity index (χ1) is 11.1. The van der Waals surface area contributed by atoms with Crippen LogP contribution in [0.4, 0.5) is 5.69 Å². The number of nitrogens with two attached hydrogens (primary N) is 1. The average molecular weight is 383 g/mol. The maximum atomic E-state index is 12.3. The van der Waals surface area contributed by atoms with Crippen LogP contribution in [0.5, 0.6) is 0 Å². The molecular formula is C16H19ClN4OS2. The molecule has 0 unspecified atom stereocenters. The standard InChI is InChI=1S/C16H18N4OS2.ClH/c1-9(2)16-20-11-4-3-10(7-13(11)23-16)18-15(21)12-8-22-14(19-12)5-6-17;/h3-4,7-9H,5-6,17H2,1-2H3,(H,18,21);1H. The third-order valence-electron chi connectivity index (χ3n) is 3.30. The van der Waals surface area contributed by atoms with Crippen LogP contribution in [-0.4, -0.2) is 22.4 Å². The van der Waals surface area contributed by atoms with Crippen molar-refractivity contribution in [2.24, 2.45) is 5.73 Å². The lowest BCUT2D eigenvalue weighted by atomic mass is 10.2. The zero-order valence-electron chi connectivity index (χ0n) is 13.4. The van der Waals surface area contributed by atoms with Crippen molar-refractivity contribution < 1.29 is 4.79 Å². The van der Waals surface area contributed by atoms with Crippen LogP contribution in [0, 0.1) is 0 Å². The van der Waals surface area contributed by atoms with Crippen LogP contribution in [0.1, 0.15) is 40.3 Å². The van der Waals surface area contributed by atoms with Gasteiger partial charge >= 0.3 is 0 Å². The lowest BCUT2D eigenvalue weighted by Crippen LogP contribution is -2.12.